The van der Waals surface area contributed by atoms with Crippen molar-refractivity contribution in [3.05, 3.63) is 166 Å². The maximum Gasteiger partial charge on any atom is 0.246 e. The number of rotatable bonds is 34. The molecular weight excluding hydrogens is 1480 g/mol. The van der Waals surface area contributed by atoms with Crippen molar-refractivity contribution in [3.63, 3.8) is 0 Å². The number of hydrogen-bond donors (Lipinski definition) is 6. The van der Waals surface area contributed by atoms with E-state index in [-0.39, 0.29) is 130 Å². The minimum absolute atomic E-state index is 0.00260. The monoisotopic (exact) mass is 1570 g/mol. The van der Waals surface area contributed by atoms with E-state index in [0.717, 1.165) is 86.3 Å². The molecule has 0 spiro atoms. The summed E-state index contributed by atoms with van der Waals surface area (Å²) in [6, 6.07) is 19.3. The Labute approximate surface area is 649 Å². The largest absolute Gasteiger partial charge is 0.391 e. The quantitative estimate of drug-likeness (QED) is 0.0206. The maximum absolute atomic E-state index is 14.6. The minimum Gasteiger partial charge on any atom is -0.391 e. The molecule has 0 aliphatic carbocycles. The minimum atomic E-state index is -1.16. The normalized spacial score (nSPS) is 16.3. The van der Waals surface area contributed by atoms with Gasteiger partial charge < -0.3 is 60.4 Å². The Morgan fingerprint density at radius 2 is 1.11 bits per heavy atom. The number of thiophene rings is 2. The van der Waals surface area contributed by atoms with Crippen LogP contribution in [0, 0.1) is 53.9 Å². The second-order valence-electron chi connectivity index (χ2n) is 27.8. The number of halogens is 2. The molecule has 5 aromatic heterocycles. The van der Waals surface area contributed by atoms with Gasteiger partial charge in [0.2, 0.25) is 35.4 Å². The van der Waals surface area contributed by atoms with Gasteiger partial charge in [-0.3, -0.25) is 47.9 Å². The van der Waals surface area contributed by atoms with E-state index in [2.05, 4.69) is 79.7 Å². The fraction of sp³-hybridized carbons (Fsp3) is 0.461. The van der Waals surface area contributed by atoms with Crippen LogP contribution in [0.4, 0.5) is 0 Å². The van der Waals surface area contributed by atoms with Gasteiger partial charge in [0.05, 0.1) is 112 Å². The molecule has 8 aromatic rings. The van der Waals surface area contributed by atoms with E-state index in [9.17, 15) is 33.9 Å². The summed E-state index contributed by atoms with van der Waals surface area (Å²) in [4.78, 5) is 105. The number of ether oxygens (including phenoxy) is 4. The summed E-state index contributed by atoms with van der Waals surface area (Å²) in [6.45, 7) is 20.9. The zero-order chi connectivity index (χ0) is 76.9. The van der Waals surface area contributed by atoms with Crippen LogP contribution in [0.25, 0.3) is 20.4 Å². The lowest BCUT2D eigenvalue weighted by Crippen LogP contribution is -2.59. The summed E-state index contributed by atoms with van der Waals surface area (Å²) in [6.07, 6.45) is -0.944. The SMILES string of the molecule is Cc1ncsc1-c1ccc(CNC(=O)[C@@H]2C[C@@H](O)CN2C(=O)[C@@H](NC(=O)CN(CCOCCOCCNC(=O)CC2N=C(c3ccc(Cl)cc3)c3c(sc(C)c3C)-n3c(C)nnc32)C(=O)CNCCOCCOCCNC(=O)CC2N=C(c3ccc(Cl)cc3)c3c(sc(C)c3C)-n3c(C)nnc32)C(C)(C)C)cc1. The number of carbonyl (C=O) groups is 6. The van der Waals surface area contributed by atoms with Gasteiger partial charge >= 0.3 is 0 Å². The van der Waals surface area contributed by atoms with Crippen molar-refractivity contribution in [1.29, 1.82) is 0 Å². The third-order valence-corrected chi connectivity index (χ3v) is 22.8. The average Bonchev–Trinajstić information content (AvgIpc) is 1.60. The van der Waals surface area contributed by atoms with E-state index < -0.39 is 65.9 Å². The number of carbonyl (C=O) groups excluding carboxylic acids is 6. The number of aliphatic hydroxyl groups excluding tert-OH is 1. The first kappa shape index (κ1) is 80.5. The number of likely N-dealkylation sites (tertiary alicyclic amines) is 1. The van der Waals surface area contributed by atoms with Gasteiger partial charge in [-0.1, -0.05) is 92.5 Å². The van der Waals surface area contributed by atoms with Crippen LogP contribution >= 0.6 is 57.2 Å². The van der Waals surface area contributed by atoms with Crippen molar-refractivity contribution in [1.82, 2.24) is 70.9 Å². The fourth-order valence-corrected chi connectivity index (χ4v) is 16.5. The van der Waals surface area contributed by atoms with E-state index >= 15 is 0 Å². The molecule has 3 aromatic carbocycles. The molecule has 32 heteroatoms. The number of nitrogens with zero attached hydrogens (tertiary/aromatic N) is 11. The molecule has 0 radical (unpaired) electrons. The number of hydrogen-bond acceptors (Lipinski definition) is 22. The second kappa shape index (κ2) is 36.8. The molecule has 108 heavy (non-hydrogen) atoms. The van der Waals surface area contributed by atoms with E-state index in [1.54, 1.807) is 60.3 Å². The number of nitrogens with one attached hydrogen (secondary N) is 5. The molecule has 6 amide bonds. The predicted molar refractivity (Wildman–Crippen MR) is 416 cm³/mol. The molecule has 8 heterocycles. The second-order valence-corrected chi connectivity index (χ2v) is 31.9. The Kier molecular flexibility index (Phi) is 27.4. The molecule has 574 valence electrons. The molecule has 27 nitrogen and oxygen atoms in total. The number of aliphatic imine (C=N–C) groups is 2. The summed E-state index contributed by atoms with van der Waals surface area (Å²) in [5.74, 6) is -0.0257. The van der Waals surface area contributed by atoms with Crippen molar-refractivity contribution >= 4 is 104 Å². The number of fused-ring (bicyclic) bond motifs is 6. The van der Waals surface area contributed by atoms with Gasteiger partial charge in [0, 0.05) is 87.7 Å². The van der Waals surface area contributed by atoms with Crippen molar-refractivity contribution in [3.8, 4) is 20.4 Å². The first-order chi connectivity index (χ1) is 51.8. The van der Waals surface area contributed by atoms with E-state index in [4.69, 9.17) is 52.1 Å². The third kappa shape index (κ3) is 19.7. The highest BCUT2D eigenvalue weighted by Gasteiger charge is 2.45. The average molecular weight is 1570 g/mol. The molecule has 1 fully saturated rings. The lowest BCUT2D eigenvalue weighted by molar-refractivity contribution is -0.144. The number of amides is 6. The molecule has 6 N–H and O–H groups in total. The zero-order valence-corrected chi connectivity index (χ0v) is 66.2. The van der Waals surface area contributed by atoms with E-state index in [0.29, 0.717) is 33.3 Å². The Bertz CT molecular complexity index is 4580. The highest BCUT2D eigenvalue weighted by Crippen LogP contribution is 2.42. The summed E-state index contributed by atoms with van der Waals surface area (Å²) in [5.41, 5.74) is 11.0. The summed E-state index contributed by atoms with van der Waals surface area (Å²) in [5, 5.41) is 46.6. The van der Waals surface area contributed by atoms with Gasteiger partial charge in [0.25, 0.3) is 0 Å². The number of aromatic nitrogens is 7. The Balaban J connectivity index is 0.643. The molecule has 5 atom stereocenters. The molecule has 11 rings (SSSR count). The lowest BCUT2D eigenvalue weighted by atomic mass is 9.85. The maximum atomic E-state index is 14.6. The molecule has 2 unspecified atom stereocenters. The fourth-order valence-electron chi connectivity index (χ4n) is 13.0. The van der Waals surface area contributed by atoms with Crippen molar-refractivity contribution in [2.75, 3.05) is 98.7 Å². The number of thiazole rings is 1. The van der Waals surface area contributed by atoms with Crippen LogP contribution in [-0.4, -0.2) is 213 Å². The predicted octanol–water partition coefficient (Wildman–Crippen LogP) is 8.35. The van der Waals surface area contributed by atoms with Gasteiger partial charge in [0.15, 0.2) is 11.6 Å². The van der Waals surface area contributed by atoms with Crippen LogP contribution in [0.1, 0.15) is 130 Å². The Morgan fingerprint density at radius 3 is 1.60 bits per heavy atom. The third-order valence-electron chi connectivity index (χ3n) is 19.0. The highest BCUT2D eigenvalue weighted by atomic mass is 35.5. The molecular formula is C76H92Cl2N16O11S3. The Morgan fingerprint density at radius 1 is 0.620 bits per heavy atom. The van der Waals surface area contributed by atoms with Crippen LogP contribution in [0.3, 0.4) is 0 Å². The van der Waals surface area contributed by atoms with Crippen LogP contribution in [0.15, 0.2) is 88.3 Å². The number of β-amino-alcohol motifs (C(OH)–C–C–N with tert-alkyl or cyclic N) is 1. The summed E-state index contributed by atoms with van der Waals surface area (Å²) in [7, 11) is 0. The first-order valence-electron chi connectivity index (χ1n) is 35.9. The smallest absolute Gasteiger partial charge is 0.246 e. The zero-order valence-electron chi connectivity index (χ0n) is 62.3. The molecule has 0 bridgehead atoms. The van der Waals surface area contributed by atoms with Gasteiger partial charge in [-0.2, -0.15) is 0 Å². The van der Waals surface area contributed by atoms with Crippen LogP contribution in [0.2, 0.25) is 10.0 Å². The van der Waals surface area contributed by atoms with Gasteiger partial charge in [-0.25, -0.2) is 4.98 Å². The van der Waals surface area contributed by atoms with Gasteiger partial charge in [0.1, 0.15) is 45.8 Å². The van der Waals surface area contributed by atoms with Crippen molar-refractivity contribution < 1.29 is 52.8 Å². The number of benzene rings is 3. The summed E-state index contributed by atoms with van der Waals surface area (Å²) >= 11 is 17.4. The molecule has 0 saturated carbocycles. The molecule has 3 aliphatic rings. The number of aryl methyl sites for hydroxylation is 5. The van der Waals surface area contributed by atoms with Crippen molar-refractivity contribution in [2.45, 2.75) is 125 Å². The number of aliphatic hydroxyl groups is 1. The van der Waals surface area contributed by atoms with Crippen LogP contribution in [-0.2, 0) is 54.3 Å². The summed E-state index contributed by atoms with van der Waals surface area (Å²) < 4.78 is 27.4. The standard InChI is InChI=1S/C76H92Cl2N16O11S3/c1-43-46(4)107-74-64(43)66(51-15-19-54(77)20-16-51)84-57(70-89-87-48(6)93(70)74)36-60(96)80-24-28-103-32-31-102-27-23-79-39-63(99)91(41-62(98)86-69(76(8,9)10)73(101)92-40-56(95)35-59(92)72(100)82-38-50-11-13-53(14-12-50)68-45(3)83-42-106-68)26-30-105-34-33-104-29-25-81-61(97)37-58-71-90-88-49(7)94(71)75-65(44(2)47(5)108-75)67(85-58)52-17-21-55(78)22-18-52/h11-22,42,56-59,69,79,95H,23-41H2,1-10H3,(H,80,96)(H,81,97)(H,82,100)(H,86,98)/t56-,57?,58?,59+,69-/m1/s1. The Hall–Kier alpha value is -8.53. The van der Waals surface area contributed by atoms with Gasteiger partial charge in [-0.15, -0.1) is 54.4 Å². The van der Waals surface area contributed by atoms with E-state index in [1.807, 2.05) is 103 Å². The van der Waals surface area contributed by atoms with Crippen molar-refractivity contribution in [2.24, 2.45) is 15.4 Å². The topological polar surface area (TPSA) is 325 Å². The van der Waals surface area contributed by atoms with Crippen LogP contribution < -0.4 is 26.6 Å². The van der Waals surface area contributed by atoms with Gasteiger partial charge in [-0.05, 0) is 100 Å². The van der Waals surface area contributed by atoms with Crippen LogP contribution in [0.5, 0.6) is 0 Å². The first-order valence-corrected chi connectivity index (χ1v) is 39.2. The molecule has 1 saturated heterocycles. The lowest BCUT2D eigenvalue weighted by Gasteiger charge is -2.35. The highest BCUT2D eigenvalue weighted by molar-refractivity contribution is 7.15. The molecule has 3 aliphatic heterocycles. The van der Waals surface area contributed by atoms with E-state index in [1.165, 1.54) is 9.80 Å².